The lowest BCUT2D eigenvalue weighted by atomic mass is 9.79. The van der Waals surface area contributed by atoms with Gasteiger partial charge in [0.15, 0.2) is 5.13 Å². The van der Waals surface area contributed by atoms with E-state index in [1.807, 2.05) is 0 Å². The van der Waals surface area contributed by atoms with E-state index >= 15 is 0 Å². The van der Waals surface area contributed by atoms with Crippen LogP contribution in [0.2, 0.25) is 5.02 Å². The summed E-state index contributed by atoms with van der Waals surface area (Å²) in [5.41, 5.74) is 1.14. The fourth-order valence-corrected chi connectivity index (χ4v) is 4.20. The molecular formula is C18H16ClN3O3S. The normalized spacial score (nSPS) is 19.5. The van der Waals surface area contributed by atoms with Crippen molar-refractivity contribution in [1.82, 2.24) is 4.98 Å². The van der Waals surface area contributed by atoms with E-state index in [4.69, 9.17) is 11.6 Å². The van der Waals surface area contributed by atoms with Crippen molar-refractivity contribution in [3.05, 3.63) is 34.2 Å². The van der Waals surface area contributed by atoms with Crippen LogP contribution in [0.15, 0.2) is 24.3 Å². The minimum atomic E-state index is -0.943. The third-order valence-corrected chi connectivity index (χ3v) is 5.59. The number of carbonyl (C=O) groups is 2. The number of carboxylic acids is 1. The smallest absolute Gasteiger partial charge is 0.307 e. The molecule has 1 amide bonds. The summed E-state index contributed by atoms with van der Waals surface area (Å²) in [5.74, 6) is -2.55. The molecule has 1 aliphatic rings. The molecule has 1 fully saturated rings. The Kier molecular flexibility index (Phi) is 5.55. The van der Waals surface area contributed by atoms with E-state index in [1.165, 1.54) is 0 Å². The van der Waals surface area contributed by atoms with Gasteiger partial charge in [-0.25, -0.2) is 4.98 Å². The summed E-state index contributed by atoms with van der Waals surface area (Å²) in [7, 11) is 0. The molecule has 26 heavy (non-hydrogen) atoms. The highest BCUT2D eigenvalue weighted by atomic mass is 35.5. The summed E-state index contributed by atoms with van der Waals surface area (Å²) >= 11 is 7.06. The second kappa shape index (κ2) is 7.85. The molecule has 1 saturated carbocycles. The number of aliphatic carboxylic acids is 1. The highest BCUT2D eigenvalue weighted by Gasteiger charge is 2.36. The molecule has 2 N–H and O–H groups in total. The van der Waals surface area contributed by atoms with Crippen molar-refractivity contribution in [1.29, 1.82) is 5.26 Å². The van der Waals surface area contributed by atoms with Gasteiger partial charge in [0.05, 0.1) is 11.8 Å². The lowest BCUT2D eigenvalue weighted by Crippen LogP contribution is -2.36. The Morgan fingerprint density at radius 3 is 2.69 bits per heavy atom. The van der Waals surface area contributed by atoms with Gasteiger partial charge in [0.2, 0.25) is 5.91 Å². The summed E-state index contributed by atoms with van der Waals surface area (Å²) < 4.78 is 0. The van der Waals surface area contributed by atoms with E-state index in [9.17, 15) is 20.0 Å². The Bertz CT molecular complexity index is 890. The first-order valence-electron chi connectivity index (χ1n) is 8.20. The number of nitrogens with zero attached hydrogens (tertiary/aromatic N) is 2. The molecule has 8 heteroatoms. The third kappa shape index (κ3) is 3.87. The summed E-state index contributed by atoms with van der Waals surface area (Å²) in [6.07, 6.45) is 2.69. The summed E-state index contributed by atoms with van der Waals surface area (Å²) in [4.78, 5) is 28.7. The van der Waals surface area contributed by atoms with Crippen LogP contribution in [0.3, 0.4) is 0 Å². The second-order valence-corrected chi connectivity index (χ2v) is 7.58. The number of carbonyl (C=O) groups excluding carboxylic acids is 1. The summed E-state index contributed by atoms with van der Waals surface area (Å²) in [6, 6.07) is 9.05. The highest BCUT2D eigenvalue weighted by molar-refractivity contribution is 7.16. The standard InChI is InChI=1S/C18H16ClN3O3S/c19-11-5-3-4-10(8-11)15-14(9-20)26-18(21-15)22-16(23)12-6-1-2-7-13(12)17(24)25/h3-5,8,12-13H,1-2,6-7H2,(H,24,25)(H,21,22,23). The Morgan fingerprint density at radius 2 is 2.04 bits per heavy atom. The van der Waals surface area contributed by atoms with E-state index in [0.29, 0.717) is 34.0 Å². The van der Waals surface area contributed by atoms with Crippen LogP contribution >= 0.6 is 22.9 Å². The van der Waals surface area contributed by atoms with E-state index < -0.39 is 17.8 Å². The number of nitriles is 1. The zero-order chi connectivity index (χ0) is 18.7. The number of anilines is 1. The maximum Gasteiger partial charge on any atom is 0.307 e. The molecule has 1 heterocycles. The largest absolute Gasteiger partial charge is 0.481 e. The maximum atomic E-state index is 12.6. The van der Waals surface area contributed by atoms with Gasteiger partial charge in [-0.1, -0.05) is 47.9 Å². The van der Waals surface area contributed by atoms with Crippen molar-refractivity contribution in [3.63, 3.8) is 0 Å². The summed E-state index contributed by atoms with van der Waals surface area (Å²) in [6.45, 7) is 0. The van der Waals surface area contributed by atoms with Gasteiger partial charge in [-0.15, -0.1) is 0 Å². The number of nitrogens with one attached hydrogen (secondary N) is 1. The van der Waals surface area contributed by atoms with Crippen molar-refractivity contribution < 1.29 is 14.7 Å². The number of halogens is 1. The van der Waals surface area contributed by atoms with E-state index in [2.05, 4.69) is 16.4 Å². The quantitative estimate of drug-likeness (QED) is 0.816. The van der Waals surface area contributed by atoms with Gasteiger partial charge in [-0.2, -0.15) is 5.26 Å². The SMILES string of the molecule is N#Cc1sc(NC(=O)C2CCCCC2C(=O)O)nc1-c1cccc(Cl)c1. The molecule has 1 aromatic heterocycles. The van der Waals surface area contributed by atoms with Crippen LogP contribution in [0.4, 0.5) is 5.13 Å². The average Bonchev–Trinajstić information content (AvgIpc) is 3.04. The fraction of sp³-hybridized carbons (Fsp3) is 0.333. The Hall–Kier alpha value is -2.43. The number of aromatic nitrogens is 1. The van der Waals surface area contributed by atoms with Gasteiger partial charge in [0.25, 0.3) is 0 Å². The van der Waals surface area contributed by atoms with Gasteiger partial charge >= 0.3 is 5.97 Å². The monoisotopic (exact) mass is 389 g/mol. The van der Waals surface area contributed by atoms with Gasteiger partial charge in [-0.05, 0) is 25.0 Å². The topological polar surface area (TPSA) is 103 Å². The lowest BCUT2D eigenvalue weighted by molar-refractivity contribution is -0.147. The predicted molar refractivity (Wildman–Crippen MR) is 99.0 cm³/mol. The first kappa shape index (κ1) is 18.4. The zero-order valence-electron chi connectivity index (χ0n) is 13.7. The van der Waals surface area contributed by atoms with Gasteiger partial charge in [0.1, 0.15) is 16.6 Å². The Labute approximate surface area is 159 Å². The highest BCUT2D eigenvalue weighted by Crippen LogP contribution is 2.34. The molecule has 0 aliphatic heterocycles. The second-order valence-electron chi connectivity index (χ2n) is 6.14. The van der Waals surface area contributed by atoms with Crippen LogP contribution in [-0.4, -0.2) is 22.0 Å². The van der Waals surface area contributed by atoms with Crippen molar-refractivity contribution in [3.8, 4) is 17.3 Å². The lowest BCUT2D eigenvalue weighted by Gasteiger charge is -2.26. The molecule has 0 bridgehead atoms. The minimum Gasteiger partial charge on any atom is -0.481 e. The van der Waals surface area contributed by atoms with Crippen molar-refractivity contribution in [2.24, 2.45) is 11.8 Å². The van der Waals surface area contributed by atoms with Crippen LogP contribution in [0.25, 0.3) is 11.3 Å². The van der Waals surface area contributed by atoms with Crippen LogP contribution < -0.4 is 5.32 Å². The van der Waals surface area contributed by atoms with Crippen molar-refractivity contribution >= 4 is 39.9 Å². The molecule has 2 unspecified atom stereocenters. The van der Waals surface area contributed by atoms with Crippen LogP contribution in [0.5, 0.6) is 0 Å². The van der Waals surface area contributed by atoms with Crippen molar-refractivity contribution in [2.75, 3.05) is 5.32 Å². The number of thiazole rings is 1. The number of hydrogen-bond acceptors (Lipinski definition) is 5. The van der Waals surface area contributed by atoms with Crippen LogP contribution in [0.1, 0.15) is 30.6 Å². The summed E-state index contributed by atoms with van der Waals surface area (Å²) in [5, 5.41) is 22.2. The molecule has 3 rings (SSSR count). The molecule has 2 atom stereocenters. The number of amides is 1. The molecule has 6 nitrogen and oxygen atoms in total. The first-order chi connectivity index (χ1) is 12.5. The molecular weight excluding hydrogens is 374 g/mol. The third-order valence-electron chi connectivity index (χ3n) is 4.48. The average molecular weight is 390 g/mol. The zero-order valence-corrected chi connectivity index (χ0v) is 15.3. The molecule has 2 aromatic rings. The van der Waals surface area contributed by atoms with Crippen molar-refractivity contribution in [2.45, 2.75) is 25.7 Å². The molecule has 1 aliphatic carbocycles. The van der Waals surface area contributed by atoms with E-state index in [-0.39, 0.29) is 11.0 Å². The first-order valence-corrected chi connectivity index (χ1v) is 9.39. The Balaban J connectivity index is 1.83. The number of carboxylic acid groups (broad SMARTS) is 1. The van der Waals surface area contributed by atoms with Crippen LogP contribution in [-0.2, 0) is 9.59 Å². The number of benzene rings is 1. The van der Waals surface area contributed by atoms with E-state index in [1.54, 1.807) is 24.3 Å². The molecule has 134 valence electrons. The molecule has 0 saturated heterocycles. The number of hydrogen-bond donors (Lipinski definition) is 2. The molecule has 1 aromatic carbocycles. The van der Waals surface area contributed by atoms with Gasteiger partial charge < -0.3 is 10.4 Å². The molecule has 0 radical (unpaired) electrons. The number of rotatable bonds is 4. The fourth-order valence-electron chi connectivity index (χ4n) is 3.22. The minimum absolute atomic E-state index is 0.288. The maximum absolute atomic E-state index is 12.6. The van der Waals surface area contributed by atoms with Gasteiger partial charge in [0, 0.05) is 10.6 Å². The van der Waals surface area contributed by atoms with E-state index in [0.717, 1.165) is 24.2 Å². The predicted octanol–water partition coefficient (Wildman–Crippen LogP) is 4.16. The Morgan fingerprint density at radius 1 is 1.31 bits per heavy atom. The van der Waals surface area contributed by atoms with Crippen LogP contribution in [0, 0.1) is 23.2 Å². The molecule has 0 spiro atoms. The van der Waals surface area contributed by atoms with Gasteiger partial charge in [-0.3, -0.25) is 9.59 Å².